The van der Waals surface area contributed by atoms with Gasteiger partial charge in [-0.3, -0.25) is 9.78 Å². The van der Waals surface area contributed by atoms with Crippen LogP contribution in [-0.4, -0.2) is 21.2 Å². The quantitative estimate of drug-likeness (QED) is 0.913. The van der Waals surface area contributed by atoms with E-state index in [4.69, 9.17) is 5.11 Å². The predicted molar refractivity (Wildman–Crippen MR) is 67.7 cm³/mol. The first-order valence-electron chi connectivity index (χ1n) is 5.85. The molecule has 0 radical (unpaired) electrons. The molecule has 21 heavy (non-hydrogen) atoms. The highest BCUT2D eigenvalue weighted by atomic mass is 19.4. The minimum Gasteiger partial charge on any atom is -0.506 e. The van der Waals surface area contributed by atoms with E-state index in [0.29, 0.717) is 0 Å². The fourth-order valence-electron chi connectivity index (χ4n) is 1.89. The van der Waals surface area contributed by atoms with Gasteiger partial charge >= 0.3 is 12.1 Å². The van der Waals surface area contributed by atoms with E-state index < -0.39 is 29.9 Å². The molecule has 0 aliphatic carbocycles. The largest absolute Gasteiger partial charge is 0.506 e. The molecule has 0 spiro atoms. The smallest absolute Gasteiger partial charge is 0.417 e. The van der Waals surface area contributed by atoms with Crippen LogP contribution in [-0.2, 0) is 17.4 Å². The third-order valence-electron chi connectivity index (χ3n) is 2.81. The van der Waals surface area contributed by atoms with Gasteiger partial charge in [-0.2, -0.15) is 13.2 Å². The summed E-state index contributed by atoms with van der Waals surface area (Å²) in [5, 5.41) is 18.3. The Balaban J connectivity index is 2.49. The minimum atomic E-state index is -4.54. The number of aromatic hydroxyl groups is 1. The Labute approximate surface area is 117 Å². The second kappa shape index (κ2) is 5.43. The zero-order chi connectivity index (χ0) is 15.6. The molecule has 2 N–H and O–H groups in total. The standard InChI is InChI=1S/C14H10F3NO3/c15-14(16,17)10-4-2-1-3-9(10)8-5-12(19)11(18-7-8)6-13(20)21/h1-5,7,19H,6H2,(H,20,21). The number of hydrogen-bond acceptors (Lipinski definition) is 3. The van der Waals surface area contributed by atoms with Gasteiger partial charge in [-0.25, -0.2) is 0 Å². The number of benzene rings is 1. The molecule has 0 bridgehead atoms. The zero-order valence-electron chi connectivity index (χ0n) is 10.6. The van der Waals surface area contributed by atoms with Crippen LogP contribution in [0.4, 0.5) is 13.2 Å². The van der Waals surface area contributed by atoms with Crippen LogP contribution in [0, 0.1) is 0 Å². The van der Waals surface area contributed by atoms with Crippen LogP contribution < -0.4 is 0 Å². The molecule has 4 nitrogen and oxygen atoms in total. The summed E-state index contributed by atoms with van der Waals surface area (Å²) < 4.78 is 38.8. The number of carboxylic acid groups (broad SMARTS) is 1. The Hall–Kier alpha value is -2.57. The van der Waals surface area contributed by atoms with E-state index in [9.17, 15) is 23.1 Å². The van der Waals surface area contributed by atoms with E-state index in [1.54, 1.807) is 0 Å². The number of nitrogens with zero attached hydrogens (tertiary/aromatic N) is 1. The van der Waals surface area contributed by atoms with E-state index in [0.717, 1.165) is 18.3 Å². The number of hydrogen-bond donors (Lipinski definition) is 2. The van der Waals surface area contributed by atoms with Crippen molar-refractivity contribution in [2.24, 2.45) is 0 Å². The van der Waals surface area contributed by atoms with Gasteiger partial charge in [-0.15, -0.1) is 0 Å². The third-order valence-corrected chi connectivity index (χ3v) is 2.81. The highest BCUT2D eigenvalue weighted by Crippen LogP contribution is 2.37. The number of aliphatic carboxylic acids is 1. The van der Waals surface area contributed by atoms with Gasteiger partial charge in [0.15, 0.2) is 0 Å². The van der Waals surface area contributed by atoms with Gasteiger partial charge < -0.3 is 10.2 Å². The number of rotatable bonds is 3. The van der Waals surface area contributed by atoms with Gasteiger partial charge in [0.2, 0.25) is 0 Å². The average Bonchev–Trinajstić information content (AvgIpc) is 2.40. The van der Waals surface area contributed by atoms with Crippen molar-refractivity contribution >= 4 is 5.97 Å². The summed E-state index contributed by atoms with van der Waals surface area (Å²) in [4.78, 5) is 14.3. The Morgan fingerprint density at radius 2 is 1.90 bits per heavy atom. The highest BCUT2D eigenvalue weighted by molar-refractivity contribution is 5.72. The lowest BCUT2D eigenvalue weighted by atomic mass is 10.00. The van der Waals surface area contributed by atoms with Crippen molar-refractivity contribution in [1.29, 1.82) is 0 Å². The van der Waals surface area contributed by atoms with E-state index >= 15 is 0 Å². The van der Waals surface area contributed by atoms with Crippen LogP contribution in [0.5, 0.6) is 5.75 Å². The molecule has 2 rings (SSSR count). The lowest BCUT2D eigenvalue weighted by molar-refractivity contribution is -0.137. The first kappa shape index (κ1) is 14.8. The van der Waals surface area contributed by atoms with E-state index in [2.05, 4.69) is 4.98 Å². The molecule has 0 aliphatic rings. The van der Waals surface area contributed by atoms with Crippen LogP contribution >= 0.6 is 0 Å². The Morgan fingerprint density at radius 3 is 2.48 bits per heavy atom. The predicted octanol–water partition coefficient (Wildman–Crippen LogP) is 3.10. The summed E-state index contributed by atoms with van der Waals surface area (Å²) in [5.41, 5.74) is -1.02. The van der Waals surface area contributed by atoms with Crippen molar-refractivity contribution in [3.63, 3.8) is 0 Å². The molecule has 0 fully saturated rings. The van der Waals surface area contributed by atoms with Crippen LogP contribution in [0.2, 0.25) is 0 Å². The van der Waals surface area contributed by atoms with Crippen LogP contribution in [0.3, 0.4) is 0 Å². The van der Waals surface area contributed by atoms with E-state index in [1.165, 1.54) is 18.2 Å². The van der Waals surface area contributed by atoms with Crippen molar-refractivity contribution in [3.05, 3.63) is 47.8 Å². The molecular formula is C14H10F3NO3. The van der Waals surface area contributed by atoms with Crippen molar-refractivity contribution < 1.29 is 28.2 Å². The molecule has 1 aromatic carbocycles. The van der Waals surface area contributed by atoms with Crippen molar-refractivity contribution in [1.82, 2.24) is 4.98 Å². The van der Waals surface area contributed by atoms with Gasteiger partial charge in [0.05, 0.1) is 17.7 Å². The maximum atomic E-state index is 12.9. The molecule has 0 unspecified atom stereocenters. The summed E-state index contributed by atoms with van der Waals surface area (Å²) in [5.74, 6) is -1.65. The third kappa shape index (κ3) is 3.31. The number of pyridine rings is 1. The van der Waals surface area contributed by atoms with Crippen molar-refractivity contribution in [2.45, 2.75) is 12.6 Å². The molecule has 2 aromatic rings. The molecule has 7 heteroatoms. The molecule has 1 heterocycles. The van der Waals surface area contributed by atoms with Gasteiger partial charge in [-0.05, 0) is 17.7 Å². The first-order valence-corrected chi connectivity index (χ1v) is 5.85. The van der Waals surface area contributed by atoms with Gasteiger partial charge in [0.1, 0.15) is 5.75 Å². The Bertz CT molecular complexity index is 683. The summed E-state index contributed by atoms with van der Waals surface area (Å²) in [7, 11) is 0. The highest BCUT2D eigenvalue weighted by Gasteiger charge is 2.33. The Morgan fingerprint density at radius 1 is 1.24 bits per heavy atom. The molecule has 0 aliphatic heterocycles. The molecule has 0 saturated heterocycles. The van der Waals surface area contributed by atoms with Crippen molar-refractivity contribution in [3.8, 4) is 16.9 Å². The number of halogens is 3. The number of aromatic nitrogens is 1. The lowest BCUT2D eigenvalue weighted by Gasteiger charge is -2.13. The van der Waals surface area contributed by atoms with Crippen LogP contribution in [0.15, 0.2) is 36.5 Å². The fraction of sp³-hybridized carbons (Fsp3) is 0.143. The molecule has 1 aromatic heterocycles. The molecule has 0 saturated carbocycles. The van der Waals surface area contributed by atoms with Crippen LogP contribution in [0.25, 0.3) is 11.1 Å². The normalized spacial score (nSPS) is 11.4. The first-order chi connectivity index (χ1) is 9.79. The monoisotopic (exact) mass is 297 g/mol. The maximum absolute atomic E-state index is 12.9. The minimum absolute atomic E-state index is 0.0644. The van der Waals surface area contributed by atoms with Gasteiger partial charge in [-0.1, -0.05) is 18.2 Å². The second-order valence-electron chi connectivity index (χ2n) is 4.30. The summed E-state index contributed by atoms with van der Waals surface area (Å²) in [6, 6.07) is 5.97. The zero-order valence-corrected chi connectivity index (χ0v) is 10.6. The summed E-state index contributed by atoms with van der Waals surface area (Å²) >= 11 is 0. The number of carboxylic acids is 1. The number of alkyl halides is 3. The maximum Gasteiger partial charge on any atom is 0.417 e. The average molecular weight is 297 g/mol. The van der Waals surface area contributed by atoms with Gasteiger partial charge in [0.25, 0.3) is 0 Å². The molecule has 0 amide bonds. The fourth-order valence-corrected chi connectivity index (χ4v) is 1.89. The summed E-state index contributed by atoms with van der Waals surface area (Å²) in [6.45, 7) is 0. The van der Waals surface area contributed by atoms with E-state index in [1.807, 2.05) is 0 Å². The Kier molecular flexibility index (Phi) is 3.84. The summed E-state index contributed by atoms with van der Waals surface area (Å²) in [6.07, 6.45) is -3.93. The van der Waals surface area contributed by atoms with Crippen LogP contribution in [0.1, 0.15) is 11.3 Å². The van der Waals surface area contributed by atoms with E-state index in [-0.39, 0.29) is 16.8 Å². The topological polar surface area (TPSA) is 70.4 Å². The molecule has 110 valence electrons. The van der Waals surface area contributed by atoms with Crippen molar-refractivity contribution in [2.75, 3.05) is 0 Å². The van der Waals surface area contributed by atoms with Gasteiger partial charge in [0, 0.05) is 11.8 Å². The number of carbonyl (C=O) groups is 1. The second-order valence-corrected chi connectivity index (χ2v) is 4.30. The molecule has 0 atom stereocenters. The SMILES string of the molecule is O=C(O)Cc1ncc(-c2ccccc2C(F)(F)F)cc1O. The lowest BCUT2D eigenvalue weighted by Crippen LogP contribution is -2.07. The molecular weight excluding hydrogens is 287 g/mol.